The van der Waals surface area contributed by atoms with Gasteiger partial charge in [0, 0.05) is 13.1 Å². The van der Waals surface area contributed by atoms with E-state index in [0.29, 0.717) is 0 Å². The van der Waals surface area contributed by atoms with Crippen molar-refractivity contribution in [2.75, 3.05) is 18.0 Å². The highest BCUT2D eigenvalue weighted by Crippen LogP contribution is 2.36. The molecule has 0 saturated carbocycles. The quantitative estimate of drug-likeness (QED) is 0.772. The molecule has 1 aromatic rings. The molecule has 4 nitrogen and oxygen atoms in total. The molecule has 2 aliphatic rings. The van der Waals surface area contributed by atoms with Crippen LogP contribution in [0.15, 0.2) is 18.2 Å². The Morgan fingerprint density at radius 3 is 2.25 bits per heavy atom. The van der Waals surface area contributed by atoms with Gasteiger partial charge in [-0.25, -0.2) is 4.98 Å². The van der Waals surface area contributed by atoms with Gasteiger partial charge in [0.1, 0.15) is 5.82 Å². The van der Waals surface area contributed by atoms with Gasteiger partial charge in [-0.05, 0) is 52.7 Å². The molecule has 0 amide bonds. The van der Waals surface area contributed by atoms with Crippen LogP contribution in [0, 0.1) is 0 Å². The first kappa shape index (κ1) is 13.9. The molecule has 5 heteroatoms. The Morgan fingerprint density at radius 1 is 1.05 bits per heavy atom. The van der Waals surface area contributed by atoms with Crippen LogP contribution >= 0.6 is 0 Å². The molecule has 0 N–H and O–H groups in total. The summed E-state index contributed by atoms with van der Waals surface area (Å²) in [6.07, 6.45) is 2.50. The van der Waals surface area contributed by atoms with Gasteiger partial charge in [0.15, 0.2) is 0 Å². The third-order valence-electron chi connectivity index (χ3n) is 4.68. The average molecular weight is 274 g/mol. The smallest absolute Gasteiger partial charge is 0.398 e. The lowest BCUT2D eigenvalue weighted by Gasteiger charge is -2.32. The fourth-order valence-corrected chi connectivity index (χ4v) is 2.66. The first-order valence-electron chi connectivity index (χ1n) is 7.47. The highest BCUT2D eigenvalue weighted by Gasteiger charge is 2.52. The number of hydrogen-bond acceptors (Lipinski definition) is 4. The van der Waals surface area contributed by atoms with E-state index in [-0.39, 0.29) is 18.3 Å². The van der Waals surface area contributed by atoms with Crippen LogP contribution in [-0.2, 0) is 9.31 Å². The van der Waals surface area contributed by atoms with Crippen LogP contribution in [0.1, 0.15) is 40.5 Å². The highest BCUT2D eigenvalue weighted by atomic mass is 16.7. The molecule has 0 spiro atoms. The minimum Gasteiger partial charge on any atom is -0.398 e. The lowest BCUT2D eigenvalue weighted by Crippen LogP contribution is -2.41. The van der Waals surface area contributed by atoms with Crippen LogP contribution in [0.2, 0.25) is 0 Å². The summed E-state index contributed by atoms with van der Waals surface area (Å²) >= 11 is 0. The Labute approximate surface area is 121 Å². The van der Waals surface area contributed by atoms with Crippen molar-refractivity contribution in [3.63, 3.8) is 0 Å². The minimum absolute atomic E-state index is 0.316. The molecule has 2 fully saturated rings. The standard InChI is InChI=1S/C15H23BN2O2/c1-14(2)15(3,4)20-16(19-14)12-8-7-9-13(17-12)18-10-5-6-11-18/h7-9H,5-6,10-11H2,1-4H3. The van der Waals surface area contributed by atoms with Crippen LogP contribution < -0.4 is 10.5 Å². The summed E-state index contributed by atoms with van der Waals surface area (Å²) in [6, 6.07) is 6.10. The predicted octanol–water partition coefficient (Wildman–Crippen LogP) is 1.98. The van der Waals surface area contributed by atoms with Gasteiger partial charge in [-0.1, -0.05) is 6.07 Å². The van der Waals surface area contributed by atoms with Crippen LogP contribution in [0.5, 0.6) is 0 Å². The largest absolute Gasteiger partial charge is 0.514 e. The molecule has 20 heavy (non-hydrogen) atoms. The second-order valence-corrected chi connectivity index (χ2v) is 6.70. The summed E-state index contributed by atoms with van der Waals surface area (Å²) in [6.45, 7) is 10.5. The lowest BCUT2D eigenvalue weighted by molar-refractivity contribution is 0.00578. The van der Waals surface area contributed by atoms with Gasteiger partial charge in [0.25, 0.3) is 0 Å². The molecule has 2 aliphatic heterocycles. The maximum atomic E-state index is 6.06. The van der Waals surface area contributed by atoms with Gasteiger partial charge >= 0.3 is 7.12 Å². The predicted molar refractivity (Wildman–Crippen MR) is 81.4 cm³/mol. The highest BCUT2D eigenvalue weighted by molar-refractivity contribution is 6.61. The number of rotatable bonds is 2. The molecule has 0 radical (unpaired) electrons. The van der Waals surface area contributed by atoms with Gasteiger partial charge in [0.05, 0.1) is 16.8 Å². The molecule has 108 valence electrons. The van der Waals surface area contributed by atoms with Gasteiger partial charge < -0.3 is 14.2 Å². The number of anilines is 1. The van der Waals surface area contributed by atoms with E-state index in [2.05, 4.69) is 38.7 Å². The fraction of sp³-hybridized carbons (Fsp3) is 0.667. The number of aromatic nitrogens is 1. The van der Waals surface area contributed by atoms with Gasteiger partial charge in [-0.15, -0.1) is 0 Å². The number of pyridine rings is 1. The molecule has 0 unspecified atom stereocenters. The van der Waals surface area contributed by atoms with Gasteiger partial charge in [0.2, 0.25) is 0 Å². The Balaban J connectivity index is 1.83. The van der Waals surface area contributed by atoms with Crippen molar-refractivity contribution in [1.29, 1.82) is 0 Å². The molecule has 0 atom stereocenters. The van der Waals surface area contributed by atoms with E-state index in [0.717, 1.165) is 24.5 Å². The van der Waals surface area contributed by atoms with E-state index in [1.54, 1.807) is 0 Å². The summed E-state index contributed by atoms with van der Waals surface area (Å²) in [5.74, 6) is 1.04. The molecule has 0 bridgehead atoms. The maximum Gasteiger partial charge on any atom is 0.514 e. The summed E-state index contributed by atoms with van der Waals surface area (Å²) in [4.78, 5) is 7.07. The van der Waals surface area contributed by atoms with E-state index in [4.69, 9.17) is 14.3 Å². The summed E-state index contributed by atoms with van der Waals surface area (Å²) in [5.41, 5.74) is 0.236. The number of hydrogen-bond donors (Lipinski definition) is 0. The van der Waals surface area contributed by atoms with Gasteiger partial charge in [-0.2, -0.15) is 0 Å². The van der Waals surface area contributed by atoms with Crippen molar-refractivity contribution in [1.82, 2.24) is 4.98 Å². The van der Waals surface area contributed by atoms with E-state index >= 15 is 0 Å². The second-order valence-electron chi connectivity index (χ2n) is 6.70. The van der Waals surface area contributed by atoms with E-state index in [1.165, 1.54) is 12.8 Å². The molecule has 0 aliphatic carbocycles. The van der Waals surface area contributed by atoms with Crippen LogP contribution in [0.4, 0.5) is 5.82 Å². The van der Waals surface area contributed by atoms with E-state index < -0.39 is 0 Å². The second kappa shape index (κ2) is 4.74. The Kier molecular flexibility index (Phi) is 3.29. The van der Waals surface area contributed by atoms with Gasteiger partial charge in [-0.3, -0.25) is 0 Å². The monoisotopic (exact) mass is 274 g/mol. The average Bonchev–Trinajstić information content (AvgIpc) is 2.97. The summed E-state index contributed by atoms with van der Waals surface area (Å²) in [5, 5.41) is 0. The molecule has 1 aromatic heterocycles. The Morgan fingerprint density at radius 2 is 1.65 bits per heavy atom. The molecule has 0 aromatic carbocycles. The zero-order valence-electron chi connectivity index (χ0n) is 12.8. The van der Waals surface area contributed by atoms with Crippen molar-refractivity contribution in [3.05, 3.63) is 18.2 Å². The minimum atomic E-state index is -0.373. The zero-order valence-corrected chi connectivity index (χ0v) is 12.8. The van der Waals surface area contributed by atoms with E-state index in [1.807, 2.05) is 12.1 Å². The fourth-order valence-electron chi connectivity index (χ4n) is 2.66. The summed E-state index contributed by atoms with van der Waals surface area (Å²) < 4.78 is 12.1. The van der Waals surface area contributed by atoms with Crippen molar-refractivity contribution < 1.29 is 9.31 Å². The SMILES string of the molecule is CC1(C)OB(c2cccc(N3CCCC3)n2)OC1(C)C. The maximum absolute atomic E-state index is 6.06. The molecular formula is C15H23BN2O2. The normalized spacial score (nSPS) is 24.4. The van der Waals surface area contributed by atoms with Crippen molar-refractivity contribution >= 4 is 18.5 Å². The molecule has 3 rings (SSSR count). The third-order valence-corrected chi connectivity index (χ3v) is 4.68. The topological polar surface area (TPSA) is 34.6 Å². The first-order valence-corrected chi connectivity index (χ1v) is 7.47. The third kappa shape index (κ3) is 2.33. The van der Waals surface area contributed by atoms with E-state index in [9.17, 15) is 0 Å². The summed E-state index contributed by atoms with van der Waals surface area (Å²) in [7, 11) is -0.373. The zero-order chi connectivity index (χ0) is 14.4. The van der Waals surface area contributed by atoms with Crippen LogP contribution in [-0.4, -0.2) is 36.4 Å². The molecule has 2 saturated heterocycles. The van der Waals surface area contributed by atoms with Crippen molar-refractivity contribution in [3.8, 4) is 0 Å². The van der Waals surface area contributed by atoms with Crippen molar-refractivity contribution in [2.45, 2.75) is 51.7 Å². The molecule has 3 heterocycles. The van der Waals surface area contributed by atoms with Crippen LogP contribution in [0.3, 0.4) is 0 Å². The Bertz CT molecular complexity index is 482. The molecular weight excluding hydrogens is 251 g/mol. The Hall–Kier alpha value is -1.07. The number of nitrogens with zero attached hydrogens (tertiary/aromatic N) is 2. The lowest BCUT2D eigenvalue weighted by atomic mass is 9.84. The first-order chi connectivity index (χ1) is 9.39. The van der Waals surface area contributed by atoms with Crippen molar-refractivity contribution in [2.24, 2.45) is 0 Å². The van der Waals surface area contributed by atoms with Crippen LogP contribution in [0.25, 0.3) is 0 Å².